The first kappa shape index (κ1) is 33.4. The molecule has 12 nitrogen and oxygen atoms in total. The fourth-order valence-electron chi connectivity index (χ4n) is 3.57. The van der Waals surface area contributed by atoms with E-state index in [0.29, 0.717) is 9.47 Å². The van der Waals surface area contributed by atoms with Gasteiger partial charge in [-0.2, -0.15) is 13.2 Å². The molecule has 0 fully saturated rings. The van der Waals surface area contributed by atoms with Crippen LogP contribution in [0.25, 0.3) is 5.69 Å². The average Bonchev–Trinajstić information content (AvgIpc) is 3.61. The minimum absolute atomic E-state index is 0.000421. The van der Waals surface area contributed by atoms with E-state index < -0.39 is 33.6 Å². The van der Waals surface area contributed by atoms with E-state index in [1.54, 1.807) is 0 Å². The van der Waals surface area contributed by atoms with Crippen LogP contribution in [0, 0.1) is 0 Å². The number of nitrogens with zero attached hydrogens (tertiary/aromatic N) is 6. The van der Waals surface area contributed by atoms with E-state index in [2.05, 4.69) is 31.0 Å². The van der Waals surface area contributed by atoms with E-state index in [-0.39, 0.29) is 39.4 Å². The minimum Gasteiger partial charge on any atom is -0.345 e. The number of carbonyl (C=O) groups excluding carboxylic acids is 2. The molecule has 4 aromatic rings. The van der Waals surface area contributed by atoms with Crippen LogP contribution >= 0.6 is 34.9 Å². The molecule has 0 unspecified atom stereocenters. The lowest BCUT2D eigenvalue weighted by atomic mass is 10.2. The standard InChI is InChI=1S/C25H25F3N8O4S4/c1-4-41-24-34-32-22(43-24)30-20(37)14-42-23-33-31-19(36(23)17-7-5-6-16(12-17)25(26,27)28)13-29-21(38)15-8-10-18(11-9-15)44(39,40)35(2)3/h5-12H,4,13-14H2,1-3H3,(H,29,38)(H,30,32,37). The Balaban J connectivity index is 1.53. The number of nitrogens with one attached hydrogen (secondary N) is 2. The summed E-state index contributed by atoms with van der Waals surface area (Å²) in [5, 5.41) is 21.7. The maximum Gasteiger partial charge on any atom is 0.416 e. The molecule has 0 aliphatic heterocycles. The van der Waals surface area contributed by atoms with Gasteiger partial charge in [0, 0.05) is 19.7 Å². The highest BCUT2D eigenvalue weighted by Gasteiger charge is 2.31. The highest BCUT2D eigenvalue weighted by molar-refractivity contribution is 8.01. The summed E-state index contributed by atoms with van der Waals surface area (Å²) in [6, 6.07) is 9.75. The van der Waals surface area contributed by atoms with Crippen LogP contribution in [-0.4, -0.2) is 75.1 Å². The maximum atomic E-state index is 13.5. The quantitative estimate of drug-likeness (QED) is 0.164. The second kappa shape index (κ2) is 14.1. The molecule has 2 N–H and O–H groups in total. The molecule has 0 bridgehead atoms. The van der Waals surface area contributed by atoms with Crippen molar-refractivity contribution in [2.45, 2.75) is 34.0 Å². The molecule has 0 aliphatic rings. The molecule has 0 radical (unpaired) electrons. The first-order valence-corrected chi connectivity index (χ1v) is 16.8. The minimum atomic E-state index is -4.62. The van der Waals surface area contributed by atoms with Crippen LogP contribution in [0.3, 0.4) is 0 Å². The summed E-state index contributed by atoms with van der Waals surface area (Å²) in [4.78, 5) is 25.4. The molecule has 0 aliphatic carbocycles. The number of hydrogen-bond donors (Lipinski definition) is 2. The molecule has 19 heteroatoms. The van der Waals surface area contributed by atoms with Crippen molar-refractivity contribution in [1.29, 1.82) is 0 Å². The van der Waals surface area contributed by atoms with Gasteiger partial charge in [0.05, 0.1) is 28.4 Å². The zero-order chi connectivity index (χ0) is 32.1. The summed E-state index contributed by atoms with van der Waals surface area (Å²) in [5.74, 6) is -0.296. The summed E-state index contributed by atoms with van der Waals surface area (Å²) in [6.07, 6.45) is -4.62. The van der Waals surface area contributed by atoms with Gasteiger partial charge in [0.15, 0.2) is 15.3 Å². The first-order valence-electron chi connectivity index (χ1n) is 12.6. The van der Waals surface area contributed by atoms with E-state index in [0.717, 1.165) is 34.0 Å². The zero-order valence-corrected chi connectivity index (χ0v) is 26.6. The molecule has 234 valence electrons. The molecule has 2 aromatic heterocycles. The fourth-order valence-corrected chi connectivity index (χ4v) is 6.90. The molecule has 0 atom stereocenters. The molecular formula is C25H25F3N8O4S4. The van der Waals surface area contributed by atoms with Crippen molar-refractivity contribution in [3.05, 3.63) is 65.5 Å². The summed E-state index contributed by atoms with van der Waals surface area (Å²) < 4.78 is 68.2. The predicted octanol–water partition coefficient (Wildman–Crippen LogP) is 4.16. The van der Waals surface area contributed by atoms with Crippen LogP contribution in [0.4, 0.5) is 18.3 Å². The van der Waals surface area contributed by atoms with Gasteiger partial charge >= 0.3 is 6.18 Å². The van der Waals surface area contributed by atoms with E-state index >= 15 is 0 Å². The Kier molecular flexibility index (Phi) is 10.7. The van der Waals surface area contributed by atoms with Crippen LogP contribution in [0.5, 0.6) is 0 Å². The Labute approximate surface area is 262 Å². The molecule has 2 aromatic carbocycles. The number of carbonyl (C=O) groups is 2. The topological polar surface area (TPSA) is 152 Å². The van der Waals surface area contributed by atoms with Gasteiger partial charge in [-0.25, -0.2) is 12.7 Å². The van der Waals surface area contributed by atoms with Gasteiger partial charge < -0.3 is 5.32 Å². The Morgan fingerprint density at radius 1 is 1.02 bits per heavy atom. The monoisotopic (exact) mass is 686 g/mol. The number of thioether (sulfide) groups is 2. The highest BCUT2D eigenvalue weighted by Crippen LogP contribution is 2.32. The van der Waals surface area contributed by atoms with Gasteiger partial charge in [0.2, 0.25) is 21.1 Å². The number of benzene rings is 2. The van der Waals surface area contributed by atoms with Crippen molar-refractivity contribution in [1.82, 2.24) is 34.6 Å². The second-order valence-corrected chi connectivity index (χ2v) is 14.5. The van der Waals surface area contributed by atoms with Gasteiger partial charge in [-0.3, -0.25) is 19.5 Å². The smallest absolute Gasteiger partial charge is 0.345 e. The normalized spacial score (nSPS) is 12.0. The van der Waals surface area contributed by atoms with Gasteiger partial charge in [-0.15, -0.1) is 20.4 Å². The summed E-state index contributed by atoms with van der Waals surface area (Å²) in [6.45, 7) is 1.72. The first-order chi connectivity index (χ1) is 20.8. The summed E-state index contributed by atoms with van der Waals surface area (Å²) in [5.41, 5.74) is -0.686. The molecule has 0 saturated heterocycles. The lowest BCUT2D eigenvalue weighted by Crippen LogP contribution is -2.25. The summed E-state index contributed by atoms with van der Waals surface area (Å²) in [7, 11) is -0.921. The van der Waals surface area contributed by atoms with Gasteiger partial charge in [-0.05, 0) is 48.2 Å². The number of sulfonamides is 1. The van der Waals surface area contributed by atoms with Crippen molar-refractivity contribution in [3.8, 4) is 5.69 Å². The Morgan fingerprint density at radius 3 is 2.41 bits per heavy atom. The SMILES string of the molecule is CCSc1nnc(NC(=O)CSc2nnc(CNC(=O)c3ccc(S(=O)(=O)N(C)C)cc3)n2-c2cccc(C(F)(F)F)c2)s1. The van der Waals surface area contributed by atoms with Crippen LogP contribution in [-0.2, 0) is 27.5 Å². The molecule has 4 rings (SSSR count). The van der Waals surface area contributed by atoms with Crippen molar-refractivity contribution in [2.24, 2.45) is 0 Å². The van der Waals surface area contributed by atoms with Crippen LogP contribution in [0.15, 0.2) is 62.9 Å². The van der Waals surface area contributed by atoms with Crippen molar-refractivity contribution in [2.75, 3.05) is 30.9 Å². The van der Waals surface area contributed by atoms with Gasteiger partial charge in [0.1, 0.15) is 0 Å². The number of amides is 2. The number of alkyl halides is 3. The van der Waals surface area contributed by atoms with E-state index in [1.807, 2.05) is 6.92 Å². The van der Waals surface area contributed by atoms with E-state index in [1.165, 1.54) is 78.2 Å². The highest BCUT2D eigenvalue weighted by atomic mass is 32.2. The second-order valence-electron chi connectivity index (χ2n) is 8.92. The fraction of sp³-hybridized carbons (Fsp3) is 0.280. The van der Waals surface area contributed by atoms with Crippen LogP contribution < -0.4 is 10.6 Å². The van der Waals surface area contributed by atoms with Crippen molar-refractivity contribution in [3.63, 3.8) is 0 Å². The number of halogens is 3. The van der Waals surface area contributed by atoms with Crippen molar-refractivity contribution < 1.29 is 31.2 Å². The average molecular weight is 687 g/mol. The number of anilines is 1. The Bertz CT molecular complexity index is 1740. The molecular weight excluding hydrogens is 662 g/mol. The summed E-state index contributed by atoms with van der Waals surface area (Å²) >= 11 is 3.62. The lowest BCUT2D eigenvalue weighted by Gasteiger charge is -2.14. The number of aromatic nitrogens is 5. The Morgan fingerprint density at radius 2 is 1.75 bits per heavy atom. The predicted molar refractivity (Wildman–Crippen MR) is 161 cm³/mol. The molecule has 44 heavy (non-hydrogen) atoms. The molecule has 0 spiro atoms. The van der Waals surface area contributed by atoms with Crippen LogP contribution in [0.1, 0.15) is 28.7 Å². The largest absolute Gasteiger partial charge is 0.416 e. The van der Waals surface area contributed by atoms with Crippen LogP contribution in [0.2, 0.25) is 0 Å². The Hall–Kier alpha value is -3.52. The van der Waals surface area contributed by atoms with E-state index in [4.69, 9.17) is 0 Å². The third-order valence-electron chi connectivity index (χ3n) is 5.69. The molecule has 2 heterocycles. The molecule has 2 amide bonds. The van der Waals surface area contributed by atoms with Crippen molar-refractivity contribution >= 4 is 61.8 Å². The van der Waals surface area contributed by atoms with Gasteiger partial charge in [-0.1, -0.05) is 47.9 Å². The zero-order valence-electron chi connectivity index (χ0n) is 23.3. The molecule has 0 saturated carbocycles. The van der Waals surface area contributed by atoms with Gasteiger partial charge in [0.25, 0.3) is 5.91 Å². The lowest BCUT2D eigenvalue weighted by molar-refractivity contribution is -0.137. The maximum absolute atomic E-state index is 13.5. The third-order valence-corrected chi connectivity index (χ3v) is 10.3. The number of rotatable bonds is 12. The number of hydrogen-bond acceptors (Lipinski definition) is 11. The third kappa shape index (κ3) is 8.14. The van der Waals surface area contributed by atoms with E-state index in [9.17, 15) is 31.2 Å².